The van der Waals surface area contributed by atoms with Crippen LogP contribution < -0.4 is 11.3 Å². The van der Waals surface area contributed by atoms with Gasteiger partial charge in [0.25, 0.3) is 5.56 Å². The van der Waals surface area contributed by atoms with Gasteiger partial charge in [0, 0.05) is 19.3 Å². The maximum atomic E-state index is 11.8. The molecule has 0 unspecified atom stereocenters. The van der Waals surface area contributed by atoms with Crippen molar-refractivity contribution in [1.29, 1.82) is 0 Å². The molecule has 0 atom stereocenters. The first kappa shape index (κ1) is 9.02. The summed E-state index contributed by atoms with van der Waals surface area (Å²) in [6.45, 7) is 2.83. The number of pyridine rings is 1. The van der Waals surface area contributed by atoms with Crippen molar-refractivity contribution in [3.8, 4) is 0 Å². The highest BCUT2D eigenvalue weighted by Crippen LogP contribution is 2.14. The fourth-order valence-electron chi connectivity index (χ4n) is 1.52. The molecule has 2 aromatic rings. The van der Waals surface area contributed by atoms with Crippen molar-refractivity contribution in [3.05, 3.63) is 34.4 Å². The van der Waals surface area contributed by atoms with Gasteiger partial charge in [-0.2, -0.15) is 0 Å². The Morgan fingerprint density at radius 3 is 3.07 bits per heavy atom. The molecule has 0 radical (unpaired) electrons. The van der Waals surface area contributed by atoms with Gasteiger partial charge in [-0.1, -0.05) is 0 Å². The average Bonchev–Trinajstić information content (AvgIpc) is 2.52. The SMILES string of the molecule is Cc1cc2c(=O)n(CCN)ccc2o1. The Labute approximate surface area is 80.9 Å². The smallest absolute Gasteiger partial charge is 0.261 e. The molecule has 2 heterocycles. The number of nitrogens with two attached hydrogens (primary N) is 1. The van der Waals surface area contributed by atoms with Gasteiger partial charge < -0.3 is 14.7 Å². The molecule has 0 saturated carbocycles. The summed E-state index contributed by atoms with van der Waals surface area (Å²) in [4.78, 5) is 11.8. The number of hydrogen-bond acceptors (Lipinski definition) is 3. The van der Waals surface area contributed by atoms with E-state index in [0.717, 1.165) is 5.76 Å². The van der Waals surface area contributed by atoms with Crippen LogP contribution in [0.15, 0.2) is 27.5 Å². The highest BCUT2D eigenvalue weighted by atomic mass is 16.3. The lowest BCUT2D eigenvalue weighted by Crippen LogP contribution is -2.22. The molecule has 0 spiro atoms. The van der Waals surface area contributed by atoms with Gasteiger partial charge in [0.2, 0.25) is 0 Å². The Morgan fingerprint density at radius 1 is 1.57 bits per heavy atom. The van der Waals surface area contributed by atoms with Crippen LogP contribution in [-0.4, -0.2) is 11.1 Å². The first-order chi connectivity index (χ1) is 6.72. The maximum absolute atomic E-state index is 11.8. The minimum atomic E-state index is -0.0372. The van der Waals surface area contributed by atoms with Crippen LogP contribution in [0.3, 0.4) is 0 Å². The van der Waals surface area contributed by atoms with E-state index in [1.54, 1.807) is 22.9 Å². The van der Waals surface area contributed by atoms with Crippen molar-refractivity contribution in [3.63, 3.8) is 0 Å². The van der Waals surface area contributed by atoms with E-state index in [9.17, 15) is 4.79 Å². The van der Waals surface area contributed by atoms with Gasteiger partial charge in [-0.25, -0.2) is 0 Å². The van der Waals surface area contributed by atoms with Crippen LogP contribution in [0, 0.1) is 6.92 Å². The molecule has 4 heteroatoms. The van der Waals surface area contributed by atoms with Gasteiger partial charge in [-0.15, -0.1) is 0 Å². The Bertz CT molecular complexity index is 510. The van der Waals surface area contributed by atoms with Gasteiger partial charge in [-0.3, -0.25) is 4.79 Å². The van der Waals surface area contributed by atoms with E-state index in [4.69, 9.17) is 10.2 Å². The second kappa shape index (κ2) is 3.31. The molecule has 0 aliphatic carbocycles. The monoisotopic (exact) mass is 192 g/mol. The van der Waals surface area contributed by atoms with Crippen LogP contribution in [0.25, 0.3) is 11.0 Å². The number of aryl methyl sites for hydroxylation is 1. The lowest BCUT2D eigenvalue weighted by molar-refractivity contribution is 0.576. The summed E-state index contributed by atoms with van der Waals surface area (Å²) in [5, 5.41) is 0.624. The van der Waals surface area contributed by atoms with Crippen molar-refractivity contribution in [2.75, 3.05) is 6.54 Å². The lowest BCUT2D eigenvalue weighted by Gasteiger charge is -2.01. The predicted octanol–water partition coefficient (Wildman–Crippen LogP) is 0.862. The molecule has 2 aromatic heterocycles. The third kappa shape index (κ3) is 1.33. The molecule has 0 aliphatic heterocycles. The van der Waals surface area contributed by atoms with E-state index < -0.39 is 0 Å². The Hall–Kier alpha value is -1.55. The number of nitrogens with zero attached hydrogens (tertiary/aromatic N) is 1. The van der Waals surface area contributed by atoms with Gasteiger partial charge in [0.05, 0.1) is 5.39 Å². The van der Waals surface area contributed by atoms with E-state index in [2.05, 4.69) is 0 Å². The molecule has 74 valence electrons. The standard InChI is InChI=1S/C10H12N2O2/c1-7-6-8-9(14-7)2-4-12(5-3-11)10(8)13/h2,4,6H,3,5,11H2,1H3. The zero-order valence-electron chi connectivity index (χ0n) is 7.99. The van der Waals surface area contributed by atoms with Crippen molar-refractivity contribution in [2.24, 2.45) is 5.73 Å². The molecule has 2 rings (SSSR count). The fourth-order valence-corrected chi connectivity index (χ4v) is 1.52. The fraction of sp³-hybridized carbons (Fsp3) is 0.300. The minimum absolute atomic E-state index is 0.0372. The summed E-state index contributed by atoms with van der Waals surface area (Å²) in [6.07, 6.45) is 1.71. The number of fused-ring (bicyclic) bond motifs is 1. The van der Waals surface area contributed by atoms with Crippen molar-refractivity contribution in [2.45, 2.75) is 13.5 Å². The zero-order valence-corrected chi connectivity index (χ0v) is 7.99. The molecule has 14 heavy (non-hydrogen) atoms. The molecule has 0 amide bonds. The van der Waals surface area contributed by atoms with Crippen LogP contribution >= 0.6 is 0 Å². The third-order valence-electron chi connectivity index (χ3n) is 2.15. The molecule has 4 nitrogen and oxygen atoms in total. The van der Waals surface area contributed by atoms with Crippen molar-refractivity contribution >= 4 is 11.0 Å². The molecule has 0 fully saturated rings. The molecular formula is C10H12N2O2. The topological polar surface area (TPSA) is 61.2 Å². The first-order valence-corrected chi connectivity index (χ1v) is 4.52. The van der Waals surface area contributed by atoms with Crippen molar-refractivity contribution in [1.82, 2.24) is 4.57 Å². The van der Waals surface area contributed by atoms with Gasteiger partial charge in [-0.05, 0) is 19.1 Å². The molecular weight excluding hydrogens is 180 g/mol. The molecule has 0 aromatic carbocycles. The van der Waals surface area contributed by atoms with Gasteiger partial charge in [0.15, 0.2) is 0 Å². The van der Waals surface area contributed by atoms with E-state index >= 15 is 0 Å². The summed E-state index contributed by atoms with van der Waals surface area (Å²) < 4.78 is 6.93. The second-order valence-corrected chi connectivity index (χ2v) is 3.24. The number of hydrogen-bond donors (Lipinski definition) is 1. The van der Waals surface area contributed by atoms with Crippen LogP contribution in [0.2, 0.25) is 0 Å². The zero-order chi connectivity index (χ0) is 10.1. The largest absolute Gasteiger partial charge is 0.461 e. The van der Waals surface area contributed by atoms with Crippen LogP contribution in [-0.2, 0) is 6.54 Å². The van der Waals surface area contributed by atoms with E-state index in [-0.39, 0.29) is 5.56 Å². The highest BCUT2D eigenvalue weighted by molar-refractivity contribution is 5.76. The average molecular weight is 192 g/mol. The van der Waals surface area contributed by atoms with Gasteiger partial charge >= 0.3 is 0 Å². The lowest BCUT2D eigenvalue weighted by atomic mass is 10.3. The van der Waals surface area contributed by atoms with E-state index in [1.807, 2.05) is 6.92 Å². The summed E-state index contributed by atoms with van der Waals surface area (Å²) in [7, 11) is 0. The summed E-state index contributed by atoms with van der Waals surface area (Å²) in [6, 6.07) is 3.55. The van der Waals surface area contributed by atoms with Crippen molar-refractivity contribution < 1.29 is 4.42 Å². The number of rotatable bonds is 2. The van der Waals surface area contributed by atoms with Crippen LogP contribution in [0.4, 0.5) is 0 Å². The van der Waals surface area contributed by atoms with E-state index in [0.29, 0.717) is 24.1 Å². The first-order valence-electron chi connectivity index (χ1n) is 4.52. The summed E-state index contributed by atoms with van der Waals surface area (Å²) in [5.74, 6) is 0.752. The third-order valence-corrected chi connectivity index (χ3v) is 2.15. The Morgan fingerprint density at radius 2 is 2.36 bits per heavy atom. The Balaban J connectivity index is 2.68. The second-order valence-electron chi connectivity index (χ2n) is 3.24. The molecule has 0 bridgehead atoms. The highest BCUT2D eigenvalue weighted by Gasteiger charge is 2.05. The number of furan rings is 1. The Kier molecular flexibility index (Phi) is 2.13. The minimum Gasteiger partial charge on any atom is -0.461 e. The predicted molar refractivity (Wildman–Crippen MR) is 54.3 cm³/mol. The summed E-state index contributed by atoms with van der Waals surface area (Å²) >= 11 is 0. The maximum Gasteiger partial charge on any atom is 0.261 e. The van der Waals surface area contributed by atoms with Crippen LogP contribution in [0.1, 0.15) is 5.76 Å². The van der Waals surface area contributed by atoms with E-state index in [1.165, 1.54) is 0 Å². The molecule has 0 saturated heterocycles. The quantitative estimate of drug-likeness (QED) is 0.767. The normalized spacial score (nSPS) is 11.0. The molecule has 2 N–H and O–H groups in total. The van der Waals surface area contributed by atoms with Crippen LogP contribution in [0.5, 0.6) is 0 Å². The number of aromatic nitrogens is 1. The van der Waals surface area contributed by atoms with Gasteiger partial charge in [0.1, 0.15) is 11.3 Å². The molecule has 0 aliphatic rings. The summed E-state index contributed by atoms with van der Waals surface area (Å²) in [5.41, 5.74) is 6.00.